The van der Waals surface area contributed by atoms with Gasteiger partial charge < -0.3 is 0 Å². The van der Waals surface area contributed by atoms with Crippen molar-refractivity contribution in [2.75, 3.05) is 0 Å². The van der Waals surface area contributed by atoms with E-state index in [1.165, 1.54) is 15.9 Å². The van der Waals surface area contributed by atoms with Crippen molar-refractivity contribution in [1.29, 1.82) is 0 Å². The summed E-state index contributed by atoms with van der Waals surface area (Å²) in [6, 6.07) is 0. The zero-order valence-electron chi connectivity index (χ0n) is 9.81. The van der Waals surface area contributed by atoms with Gasteiger partial charge in [-0.3, -0.25) is 0 Å². The first-order chi connectivity index (χ1) is 5.95. The molecule has 1 nitrogen and oxygen atoms in total. The van der Waals surface area contributed by atoms with Crippen molar-refractivity contribution in [1.82, 2.24) is 0 Å². The monoisotopic (exact) mass is 380 g/mol. The predicted octanol–water partition coefficient (Wildman–Crippen LogP) is 3.72. The molecular weight excluding hydrogens is 355 g/mol. The summed E-state index contributed by atoms with van der Waals surface area (Å²) in [6.07, 6.45) is 1.16. The van der Waals surface area contributed by atoms with Crippen molar-refractivity contribution >= 4 is 27.5 Å². The van der Waals surface area contributed by atoms with Gasteiger partial charge in [-0.05, 0) is 0 Å². The molecule has 0 radical (unpaired) electrons. The van der Waals surface area contributed by atoms with Gasteiger partial charge in [0, 0.05) is 0 Å². The molecule has 0 aromatic heterocycles. The first kappa shape index (κ1) is 13.6. The van der Waals surface area contributed by atoms with Crippen LogP contribution in [0.3, 0.4) is 0 Å². The van der Waals surface area contributed by atoms with Crippen LogP contribution < -0.4 is 0 Å². The van der Waals surface area contributed by atoms with Gasteiger partial charge in [-0.15, -0.1) is 0 Å². The molecule has 0 aliphatic rings. The topological polar surface area (TPSA) is 17.1 Å². The zero-order valence-corrected chi connectivity index (χ0v) is 13.7. The van der Waals surface area contributed by atoms with Gasteiger partial charge in [0.15, 0.2) is 0 Å². The second-order valence-electron chi connectivity index (χ2n) is 4.84. The SMILES string of the molecule is C[CH2][Pb]([CH2]C)([CH2]C)[CH2]C(C)(C)C=O. The minimum absolute atomic E-state index is 0.0520. The van der Waals surface area contributed by atoms with E-state index in [1.54, 1.807) is 0 Å². The third kappa shape index (κ3) is 4.09. The zero-order chi connectivity index (χ0) is 10.5. The van der Waals surface area contributed by atoms with Gasteiger partial charge >= 0.3 is 88.2 Å². The first-order valence-corrected chi connectivity index (χ1v) is 16.4. The number of hydrogen-bond acceptors (Lipinski definition) is 1. The summed E-state index contributed by atoms with van der Waals surface area (Å²) in [5, 5.41) is 0. The van der Waals surface area contributed by atoms with E-state index in [9.17, 15) is 4.79 Å². The molecule has 0 aromatic carbocycles. The molecule has 0 saturated carbocycles. The maximum absolute atomic E-state index is 10.9. The van der Waals surface area contributed by atoms with E-state index in [1.807, 2.05) is 0 Å². The molecule has 0 saturated heterocycles. The van der Waals surface area contributed by atoms with Gasteiger partial charge in [0.2, 0.25) is 0 Å². The summed E-state index contributed by atoms with van der Waals surface area (Å²) in [4.78, 5) is 10.9. The van der Waals surface area contributed by atoms with Gasteiger partial charge in [0.25, 0.3) is 0 Å². The Kier molecular flexibility index (Phi) is 5.72. The van der Waals surface area contributed by atoms with Gasteiger partial charge in [-0.2, -0.15) is 0 Å². The van der Waals surface area contributed by atoms with Crippen LogP contribution in [0, 0.1) is 5.41 Å². The Balaban J connectivity index is 4.50. The third-order valence-electron chi connectivity index (χ3n) is 3.40. The molecule has 0 aromatic rings. The van der Waals surface area contributed by atoms with Crippen LogP contribution in [0.5, 0.6) is 0 Å². The summed E-state index contributed by atoms with van der Waals surface area (Å²) in [5.41, 5.74) is -0.0520. The Hall–Kier alpha value is 0.592. The van der Waals surface area contributed by atoms with Crippen molar-refractivity contribution in [2.45, 2.75) is 50.5 Å². The van der Waals surface area contributed by atoms with Crippen LogP contribution in [0.1, 0.15) is 34.6 Å². The summed E-state index contributed by atoms with van der Waals surface area (Å²) >= 11 is -2.00. The second-order valence-corrected chi connectivity index (χ2v) is 26.1. The molecule has 0 unspecified atom stereocenters. The fourth-order valence-corrected chi connectivity index (χ4v) is 18.7. The molecule has 0 rings (SSSR count). The summed E-state index contributed by atoms with van der Waals surface area (Å²) in [6.45, 7) is 11.2. The Morgan fingerprint density at radius 1 is 1.08 bits per heavy atom. The Morgan fingerprint density at radius 3 is 1.69 bits per heavy atom. The molecule has 0 bridgehead atoms. The summed E-state index contributed by atoms with van der Waals surface area (Å²) in [7, 11) is 0. The molecule has 0 aliphatic heterocycles. The molecule has 2 heteroatoms. The van der Waals surface area contributed by atoms with E-state index in [0.717, 1.165) is 6.29 Å². The molecule has 0 heterocycles. The van der Waals surface area contributed by atoms with Crippen LogP contribution in [0.2, 0.25) is 15.9 Å². The van der Waals surface area contributed by atoms with E-state index >= 15 is 0 Å². The van der Waals surface area contributed by atoms with Crippen molar-refractivity contribution in [2.24, 2.45) is 5.41 Å². The average molecular weight is 380 g/mol. The fourth-order valence-electron chi connectivity index (χ4n) is 2.13. The minimum atomic E-state index is -2.00. The predicted molar refractivity (Wildman–Crippen MR) is 61.8 cm³/mol. The molecule has 0 spiro atoms. The van der Waals surface area contributed by atoms with Gasteiger partial charge in [-0.1, -0.05) is 0 Å². The second kappa shape index (κ2) is 5.47. The van der Waals surface area contributed by atoms with Crippen molar-refractivity contribution in [3.8, 4) is 0 Å². The molecular formula is C11H24OPb. The Bertz CT molecular complexity index is 151. The van der Waals surface area contributed by atoms with Crippen LogP contribution in [-0.4, -0.2) is 27.5 Å². The number of carbonyl (C=O) groups excluding carboxylic acids is 1. The van der Waals surface area contributed by atoms with Gasteiger partial charge in [-0.25, -0.2) is 0 Å². The fraction of sp³-hybridized carbons (Fsp3) is 0.909. The van der Waals surface area contributed by atoms with Gasteiger partial charge in [0.1, 0.15) is 0 Å². The number of rotatable bonds is 6. The van der Waals surface area contributed by atoms with Crippen LogP contribution in [0.15, 0.2) is 0 Å². The van der Waals surface area contributed by atoms with Crippen molar-refractivity contribution < 1.29 is 4.79 Å². The summed E-state index contributed by atoms with van der Waals surface area (Å²) in [5.74, 6) is 0. The Labute approximate surface area is 87.9 Å². The molecule has 0 aliphatic carbocycles. The Morgan fingerprint density at radius 2 is 1.46 bits per heavy atom. The van der Waals surface area contributed by atoms with E-state index in [4.69, 9.17) is 0 Å². The van der Waals surface area contributed by atoms with Crippen LogP contribution >= 0.6 is 0 Å². The molecule has 0 atom stereocenters. The number of aldehydes is 1. The van der Waals surface area contributed by atoms with Gasteiger partial charge in [0.05, 0.1) is 0 Å². The normalized spacial score (nSPS) is 13.0. The summed E-state index contributed by atoms with van der Waals surface area (Å²) < 4.78 is 5.44. The van der Waals surface area contributed by atoms with E-state index in [0.29, 0.717) is 0 Å². The van der Waals surface area contributed by atoms with Crippen LogP contribution in [-0.2, 0) is 4.79 Å². The van der Waals surface area contributed by atoms with Crippen LogP contribution in [0.25, 0.3) is 0 Å². The standard InChI is InChI=1S/C5H9O.3C2H5.Pb/c1-5(2,3)4-6;3*1-2;/h4H,1H2,2-3H3;3*1H2,2H3;. The number of hydrogen-bond donors (Lipinski definition) is 0. The molecule has 0 N–H and O–H groups in total. The first-order valence-electron chi connectivity index (χ1n) is 5.41. The number of carbonyl (C=O) groups is 1. The van der Waals surface area contributed by atoms with E-state index in [2.05, 4.69) is 34.6 Å². The molecule has 13 heavy (non-hydrogen) atoms. The molecule has 0 amide bonds. The van der Waals surface area contributed by atoms with E-state index in [-0.39, 0.29) is 5.41 Å². The van der Waals surface area contributed by atoms with Crippen molar-refractivity contribution in [3.63, 3.8) is 0 Å². The quantitative estimate of drug-likeness (QED) is 0.508. The van der Waals surface area contributed by atoms with E-state index < -0.39 is 21.2 Å². The molecule has 0 fully saturated rings. The van der Waals surface area contributed by atoms with Crippen molar-refractivity contribution in [3.05, 3.63) is 0 Å². The maximum atomic E-state index is 10.9. The third-order valence-corrected chi connectivity index (χ3v) is 27.4. The molecule has 78 valence electrons. The van der Waals surface area contributed by atoms with Crippen LogP contribution in [0.4, 0.5) is 0 Å². The average Bonchev–Trinajstić information content (AvgIpc) is 2.14.